The predicted molar refractivity (Wildman–Crippen MR) is 116 cm³/mol. The summed E-state index contributed by atoms with van der Waals surface area (Å²) in [5.74, 6) is -0.943. The molecule has 5 nitrogen and oxygen atoms in total. The van der Waals surface area contributed by atoms with Gasteiger partial charge in [-0.05, 0) is 55.3 Å². The number of amides is 2. The molecule has 0 atom stereocenters. The van der Waals surface area contributed by atoms with E-state index in [1.165, 1.54) is 23.5 Å². The number of anilines is 1. The summed E-state index contributed by atoms with van der Waals surface area (Å²) in [4.78, 5) is 29.5. The maximum Gasteiger partial charge on any atom is 0.263 e. The Morgan fingerprint density at radius 3 is 2.55 bits per heavy atom. The number of rotatable bonds is 6. The number of halogens is 2. The fourth-order valence-corrected chi connectivity index (χ4v) is 3.95. The Kier molecular flexibility index (Phi) is 6.76. The summed E-state index contributed by atoms with van der Waals surface area (Å²) < 4.78 is 14.0. The second-order valence-corrected chi connectivity index (χ2v) is 8.46. The maximum atomic E-state index is 13.0. The molecule has 1 aromatic heterocycles. The van der Waals surface area contributed by atoms with Gasteiger partial charge in [0.25, 0.3) is 5.91 Å². The fraction of sp³-hybridized carbons (Fsp3) is 0.190. The molecule has 0 aliphatic rings. The molecule has 0 saturated heterocycles. The molecular formula is C21H19BrFN3O2S. The molecule has 0 unspecified atom stereocenters. The molecule has 8 heteroatoms. The summed E-state index contributed by atoms with van der Waals surface area (Å²) in [5.41, 5.74) is 3.19. The molecule has 0 bridgehead atoms. The fourth-order valence-electron chi connectivity index (χ4n) is 2.68. The van der Waals surface area contributed by atoms with Gasteiger partial charge in [0.2, 0.25) is 5.91 Å². The molecule has 0 fully saturated rings. The zero-order chi connectivity index (χ0) is 21.0. The lowest BCUT2D eigenvalue weighted by molar-refractivity contribution is -0.115. The number of hydrogen-bond donors (Lipinski definition) is 2. The van der Waals surface area contributed by atoms with E-state index in [-0.39, 0.29) is 24.2 Å². The van der Waals surface area contributed by atoms with Crippen molar-refractivity contribution in [2.24, 2.45) is 0 Å². The average molecular weight is 476 g/mol. The third kappa shape index (κ3) is 5.71. The first-order valence-electron chi connectivity index (χ1n) is 8.87. The third-order valence-corrected chi connectivity index (χ3v) is 6.21. The van der Waals surface area contributed by atoms with Crippen molar-refractivity contribution < 1.29 is 14.0 Å². The van der Waals surface area contributed by atoms with Crippen LogP contribution in [-0.2, 0) is 11.2 Å². The van der Waals surface area contributed by atoms with Crippen molar-refractivity contribution in [2.45, 2.75) is 20.3 Å². The summed E-state index contributed by atoms with van der Waals surface area (Å²) in [7, 11) is 0. The van der Waals surface area contributed by atoms with Crippen LogP contribution in [0.15, 0.2) is 46.9 Å². The first kappa shape index (κ1) is 21.1. The quantitative estimate of drug-likeness (QED) is 0.546. The van der Waals surface area contributed by atoms with Crippen molar-refractivity contribution in [2.75, 3.05) is 11.9 Å². The number of thiazole rings is 1. The van der Waals surface area contributed by atoms with Gasteiger partial charge in [0.15, 0.2) is 0 Å². The highest BCUT2D eigenvalue weighted by atomic mass is 79.9. The van der Waals surface area contributed by atoms with Crippen molar-refractivity contribution in [1.82, 2.24) is 10.3 Å². The molecule has 29 heavy (non-hydrogen) atoms. The minimum absolute atomic E-state index is 0.140. The Morgan fingerprint density at radius 1 is 1.14 bits per heavy atom. The number of nitrogens with one attached hydrogen (secondary N) is 2. The summed E-state index contributed by atoms with van der Waals surface area (Å²) in [5, 5.41) is 6.15. The molecular weight excluding hydrogens is 457 g/mol. The number of carbonyl (C=O) groups excluding carboxylic acids is 2. The summed E-state index contributed by atoms with van der Waals surface area (Å²) in [6.45, 7) is 3.54. The van der Waals surface area contributed by atoms with Crippen LogP contribution in [0.3, 0.4) is 0 Å². The number of aryl methyl sites for hydroxylation is 2. The average Bonchev–Trinajstić information content (AvgIpc) is 3.05. The van der Waals surface area contributed by atoms with Gasteiger partial charge in [-0.15, -0.1) is 11.3 Å². The van der Waals surface area contributed by atoms with Gasteiger partial charge in [-0.25, -0.2) is 9.37 Å². The number of aromatic nitrogens is 1. The summed E-state index contributed by atoms with van der Waals surface area (Å²) >= 11 is 4.68. The lowest BCUT2D eigenvalue weighted by Crippen LogP contribution is -2.32. The van der Waals surface area contributed by atoms with Crippen molar-refractivity contribution in [1.29, 1.82) is 0 Å². The normalized spacial score (nSPS) is 10.6. The van der Waals surface area contributed by atoms with Gasteiger partial charge in [-0.1, -0.05) is 28.1 Å². The lowest BCUT2D eigenvalue weighted by Gasteiger charge is -2.08. The van der Waals surface area contributed by atoms with Crippen LogP contribution in [0.5, 0.6) is 0 Å². The number of nitrogens with zero attached hydrogens (tertiary/aromatic N) is 1. The van der Waals surface area contributed by atoms with Crippen LogP contribution in [0.4, 0.5) is 10.1 Å². The van der Waals surface area contributed by atoms with Gasteiger partial charge < -0.3 is 10.6 Å². The van der Waals surface area contributed by atoms with Gasteiger partial charge in [0.1, 0.15) is 10.7 Å². The van der Waals surface area contributed by atoms with Crippen molar-refractivity contribution in [3.8, 4) is 0 Å². The summed E-state index contributed by atoms with van der Waals surface area (Å²) in [6.07, 6.45) is 0.516. The Balaban J connectivity index is 1.57. The third-order valence-electron chi connectivity index (χ3n) is 4.17. The van der Waals surface area contributed by atoms with Gasteiger partial charge >= 0.3 is 0 Å². The molecule has 3 aromatic rings. The second kappa shape index (κ2) is 9.28. The predicted octanol–water partition coefficient (Wildman–Crippen LogP) is 4.62. The molecule has 150 valence electrons. The van der Waals surface area contributed by atoms with Crippen molar-refractivity contribution >= 4 is 44.8 Å². The highest BCUT2D eigenvalue weighted by Gasteiger charge is 2.16. The Morgan fingerprint density at radius 2 is 1.86 bits per heavy atom. The number of carbonyl (C=O) groups is 2. The van der Waals surface area contributed by atoms with E-state index in [4.69, 9.17) is 0 Å². The van der Waals surface area contributed by atoms with E-state index in [1.807, 2.05) is 19.1 Å². The van der Waals surface area contributed by atoms with E-state index in [9.17, 15) is 14.0 Å². The Labute approximate surface area is 180 Å². The van der Waals surface area contributed by atoms with Crippen LogP contribution < -0.4 is 10.6 Å². The molecule has 0 aliphatic heterocycles. The van der Waals surface area contributed by atoms with Crippen LogP contribution >= 0.6 is 27.3 Å². The standard InChI is InChI=1S/C21H19BrFN3O2S/c1-12-9-16(7-8-17(12)22)26-18(27)11-24-21(28)20-13(2)25-19(29-20)10-14-3-5-15(23)6-4-14/h3-9H,10-11H2,1-2H3,(H,24,28)(H,26,27). The van der Waals surface area contributed by atoms with Crippen molar-refractivity contribution in [3.05, 3.63) is 79.5 Å². The number of benzene rings is 2. The first-order valence-corrected chi connectivity index (χ1v) is 10.5. The topological polar surface area (TPSA) is 71.1 Å². The largest absolute Gasteiger partial charge is 0.342 e. The number of hydrogen-bond acceptors (Lipinski definition) is 4. The zero-order valence-electron chi connectivity index (χ0n) is 15.9. The maximum absolute atomic E-state index is 13.0. The Hall–Kier alpha value is -2.58. The minimum Gasteiger partial charge on any atom is -0.342 e. The molecule has 2 aromatic carbocycles. The van der Waals surface area contributed by atoms with E-state index in [0.29, 0.717) is 22.7 Å². The minimum atomic E-state index is -0.340. The molecule has 2 N–H and O–H groups in total. The Bertz CT molecular complexity index is 1050. The van der Waals surface area contributed by atoms with Crippen LogP contribution in [-0.4, -0.2) is 23.3 Å². The first-order chi connectivity index (χ1) is 13.8. The smallest absolute Gasteiger partial charge is 0.263 e. The van der Waals surface area contributed by atoms with Gasteiger partial charge in [0.05, 0.1) is 17.2 Å². The van der Waals surface area contributed by atoms with E-state index in [0.717, 1.165) is 20.6 Å². The van der Waals surface area contributed by atoms with Crippen LogP contribution in [0.2, 0.25) is 0 Å². The highest BCUT2D eigenvalue weighted by Crippen LogP contribution is 2.22. The molecule has 3 rings (SSSR count). The van der Waals surface area contributed by atoms with Crippen LogP contribution in [0.25, 0.3) is 0 Å². The molecule has 0 saturated carbocycles. The van der Waals surface area contributed by atoms with Gasteiger partial charge in [-0.2, -0.15) is 0 Å². The molecule has 2 amide bonds. The molecule has 0 aliphatic carbocycles. The van der Waals surface area contributed by atoms with Crippen LogP contribution in [0, 0.1) is 19.7 Å². The van der Waals surface area contributed by atoms with E-state index in [2.05, 4.69) is 31.5 Å². The lowest BCUT2D eigenvalue weighted by atomic mass is 10.1. The highest BCUT2D eigenvalue weighted by molar-refractivity contribution is 9.10. The van der Waals surface area contributed by atoms with E-state index < -0.39 is 0 Å². The van der Waals surface area contributed by atoms with Gasteiger partial charge in [-0.3, -0.25) is 9.59 Å². The van der Waals surface area contributed by atoms with Gasteiger partial charge in [0, 0.05) is 16.6 Å². The van der Waals surface area contributed by atoms with Crippen LogP contribution in [0.1, 0.15) is 31.5 Å². The molecule has 0 radical (unpaired) electrons. The summed E-state index contributed by atoms with van der Waals surface area (Å²) in [6, 6.07) is 11.7. The van der Waals surface area contributed by atoms with E-state index >= 15 is 0 Å². The molecule has 1 heterocycles. The van der Waals surface area contributed by atoms with Crippen molar-refractivity contribution in [3.63, 3.8) is 0 Å². The SMILES string of the molecule is Cc1cc(NC(=O)CNC(=O)c2sc(Cc3ccc(F)cc3)nc2C)ccc1Br. The van der Waals surface area contributed by atoms with E-state index in [1.54, 1.807) is 25.1 Å². The second-order valence-electron chi connectivity index (χ2n) is 6.52. The zero-order valence-corrected chi connectivity index (χ0v) is 18.3. The monoisotopic (exact) mass is 475 g/mol. The molecule has 0 spiro atoms.